The van der Waals surface area contributed by atoms with E-state index in [1.54, 1.807) is 0 Å². The molecule has 0 N–H and O–H groups in total. The predicted molar refractivity (Wildman–Crippen MR) is 72.2 cm³/mol. The maximum Gasteiger partial charge on any atom is 0.0224 e. The van der Waals surface area contributed by atoms with Crippen LogP contribution in [0.15, 0.2) is 0 Å². The molecule has 2 heteroatoms. The molecule has 3 fully saturated rings. The minimum Gasteiger partial charge on any atom is -0.305 e. The highest BCUT2D eigenvalue weighted by Crippen LogP contribution is 2.46. The molecule has 1 atom stereocenters. The predicted octanol–water partition coefficient (Wildman–Crippen LogP) is 2.59. The third-order valence-electron chi connectivity index (χ3n) is 5.53. The zero-order valence-electron chi connectivity index (χ0n) is 11.6. The molecule has 0 aromatic heterocycles. The molecule has 0 radical (unpaired) electrons. The number of rotatable bonds is 1. The summed E-state index contributed by atoms with van der Waals surface area (Å²) >= 11 is 0. The first-order chi connectivity index (χ1) is 8.17. The number of likely N-dealkylation sites (N-methyl/N-ethyl adjacent to an activating group) is 1. The molecule has 1 aliphatic carbocycles. The normalized spacial score (nSPS) is 36.0. The molecule has 1 unspecified atom stereocenters. The van der Waals surface area contributed by atoms with Crippen molar-refractivity contribution in [3.05, 3.63) is 0 Å². The van der Waals surface area contributed by atoms with Crippen LogP contribution in [0.4, 0.5) is 0 Å². The zero-order valence-corrected chi connectivity index (χ0v) is 11.6. The van der Waals surface area contributed by atoms with Crippen LogP contribution in [-0.4, -0.2) is 49.1 Å². The molecular formula is C15H28N2. The van der Waals surface area contributed by atoms with E-state index < -0.39 is 0 Å². The molecule has 2 nitrogen and oxygen atoms in total. The summed E-state index contributed by atoms with van der Waals surface area (Å²) in [6, 6.07) is 0.874. The van der Waals surface area contributed by atoms with E-state index in [2.05, 4.69) is 23.8 Å². The molecule has 0 aromatic carbocycles. The van der Waals surface area contributed by atoms with Crippen LogP contribution in [0.25, 0.3) is 0 Å². The van der Waals surface area contributed by atoms with E-state index in [-0.39, 0.29) is 0 Å². The largest absolute Gasteiger partial charge is 0.305 e. The van der Waals surface area contributed by atoms with Gasteiger partial charge in [0.25, 0.3) is 0 Å². The van der Waals surface area contributed by atoms with Crippen LogP contribution in [0.1, 0.15) is 45.4 Å². The summed E-state index contributed by atoms with van der Waals surface area (Å²) < 4.78 is 0. The second-order valence-corrected chi connectivity index (χ2v) is 7.15. The molecule has 2 saturated heterocycles. The first-order valence-electron chi connectivity index (χ1n) is 7.59. The van der Waals surface area contributed by atoms with E-state index in [1.165, 1.54) is 64.7 Å². The van der Waals surface area contributed by atoms with E-state index in [0.717, 1.165) is 17.4 Å². The highest BCUT2D eigenvalue weighted by molar-refractivity contribution is 5.00. The minimum atomic E-state index is 0.753. The van der Waals surface area contributed by atoms with Crippen molar-refractivity contribution in [1.82, 2.24) is 9.80 Å². The van der Waals surface area contributed by atoms with Crippen molar-refractivity contribution < 1.29 is 0 Å². The number of piperidine rings is 1. The molecular weight excluding hydrogens is 208 g/mol. The highest BCUT2D eigenvalue weighted by atomic mass is 15.3. The molecule has 0 aromatic rings. The van der Waals surface area contributed by atoms with Crippen molar-refractivity contribution in [3.63, 3.8) is 0 Å². The molecule has 3 rings (SSSR count). The Balaban J connectivity index is 1.50. The highest BCUT2D eigenvalue weighted by Gasteiger charge is 2.46. The van der Waals surface area contributed by atoms with E-state index >= 15 is 0 Å². The van der Waals surface area contributed by atoms with Gasteiger partial charge in [0, 0.05) is 25.7 Å². The molecule has 3 aliphatic rings. The van der Waals surface area contributed by atoms with Gasteiger partial charge in [0.05, 0.1) is 0 Å². The van der Waals surface area contributed by atoms with E-state index in [4.69, 9.17) is 0 Å². The van der Waals surface area contributed by atoms with Crippen LogP contribution < -0.4 is 0 Å². The Morgan fingerprint density at radius 3 is 2.41 bits per heavy atom. The fourth-order valence-corrected chi connectivity index (χ4v) is 4.20. The lowest BCUT2D eigenvalue weighted by Crippen LogP contribution is -2.63. The summed E-state index contributed by atoms with van der Waals surface area (Å²) in [5.74, 6) is 0.996. The fraction of sp³-hybridized carbons (Fsp3) is 1.00. The van der Waals surface area contributed by atoms with Gasteiger partial charge in [0.15, 0.2) is 0 Å². The molecule has 98 valence electrons. The molecule has 2 heterocycles. The van der Waals surface area contributed by atoms with Gasteiger partial charge in [-0.1, -0.05) is 19.8 Å². The number of likely N-dealkylation sites (tertiary alicyclic amines) is 2. The summed E-state index contributed by atoms with van der Waals surface area (Å²) in [5.41, 5.74) is 0.753. The zero-order chi connectivity index (χ0) is 11.9. The summed E-state index contributed by atoms with van der Waals surface area (Å²) in [5, 5.41) is 0. The van der Waals surface area contributed by atoms with E-state index in [1.807, 2.05) is 0 Å². The lowest BCUT2D eigenvalue weighted by Gasteiger charge is -2.57. The Bertz CT molecular complexity index is 260. The molecule has 0 amide bonds. The van der Waals surface area contributed by atoms with Crippen molar-refractivity contribution in [2.24, 2.45) is 11.3 Å². The van der Waals surface area contributed by atoms with Crippen LogP contribution in [-0.2, 0) is 0 Å². The summed E-state index contributed by atoms with van der Waals surface area (Å²) in [6.07, 6.45) is 8.83. The van der Waals surface area contributed by atoms with Crippen LogP contribution in [0.2, 0.25) is 0 Å². The molecule has 1 saturated carbocycles. The van der Waals surface area contributed by atoms with E-state index in [9.17, 15) is 0 Å². The summed E-state index contributed by atoms with van der Waals surface area (Å²) in [7, 11) is 2.28. The van der Waals surface area contributed by atoms with Gasteiger partial charge >= 0.3 is 0 Å². The fourth-order valence-electron chi connectivity index (χ4n) is 4.20. The van der Waals surface area contributed by atoms with Gasteiger partial charge in [-0.25, -0.2) is 0 Å². The van der Waals surface area contributed by atoms with E-state index in [0.29, 0.717) is 0 Å². The summed E-state index contributed by atoms with van der Waals surface area (Å²) in [6.45, 7) is 7.88. The van der Waals surface area contributed by atoms with Crippen LogP contribution in [0.3, 0.4) is 0 Å². The molecule has 1 spiro atoms. The van der Waals surface area contributed by atoms with Crippen molar-refractivity contribution >= 4 is 0 Å². The maximum absolute atomic E-state index is 2.78. The van der Waals surface area contributed by atoms with Gasteiger partial charge in [0.2, 0.25) is 0 Å². The van der Waals surface area contributed by atoms with Gasteiger partial charge < -0.3 is 4.90 Å². The van der Waals surface area contributed by atoms with Gasteiger partial charge in [-0.2, -0.15) is 0 Å². The van der Waals surface area contributed by atoms with Gasteiger partial charge in [-0.05, 0) is 50.6 Å². The standard InChI is InChI=1S/C15H28N2/c1-13-5-7-15(8-6-13)11-17(12-15)14-4-3-9-16(2)10-14/h13-14H,3-12H2,1-2H3. The minimum absolute atomic E-state index is 0.753. The topological polar surface area (TPSA) is 6.48 Å². The van der Waals surface area contributed by atoms with Gasteiger partial charge in [0.1, 0.15) is 0 Å². The molecule has 0 bridgehead atoms. The van der Waals surface area contributed by atoms with Crippen molar-refractivity contribution in [1.29, 1.82) is 0 Å². The van der Waals surface area contributed by atoms with Crippen molar-refractivity contribution in [3.8, 4) is 0 Å². The van der Waals surface area contributed by atoms with Crippen LogP contribution in [0, 0.1) is 11.3 Å². The second kappa shape index (κ2) is 4.55. The number of nitrogens with zero attached hydrogens (tertiary/aromatic N) is 2. The Kier molecular flexibility index (Phi) is 3.20. The Hall–Kier alpha value is -0.0800. The van der Waals surface area contributed by atoms with Gasteiger partial charge in [-0.15, -0.1) is 0 Å². The first-order valence-corrected chi connectivity index (χ1v) is 7.59. The van der Waals surface area contributed by atoms with Gasteiger partial charge in [-0.3, -0.25) is 4.90 Å². The van der Waals surface area contributed by atoms with Crippen molar-refractivity contribution in [2.45, 2.75) is 51.5 Å². The quantitative estimate of drug-likeness (QED) is 0.690. The SMILES string of the molecule is CC1CCC2(CC1)CN(C1CCCN(C)C1)C2. The number of hydrogen-bond donors (Lipinski definition) is 0. The average molecular weight is 236 g/mol. The molecule has 2 aliphatic heterocycles. The maximum atomic E-state index is 2.78. The third kappa shape index (κ3) is 2.39. The Morgan fingerprint density at radius 2 is 1.76 bits per heavy atom. The first kappa shape index (κ1) is 12.0. The Morgan fingerprint density at radius 1 is 1.06 bits per heavy atom. The second-order valence-electron chi connectivity index (χ2n) is 7.15. The summed E-state index contributed by atoms with van der Waals surface area (Å²) in [4.78, 5) is 5.30. The van der Waals surface area contributed by atoms with Crippen LogP contribution >= 0.6 is 0 Å². The molecule has 17 heavy (non-hydrogen) atoms. The monoisotopic (exact) mass is 236 g/mol. The smallest absolute Gasteiger partial charge is 0.0224 e. The third-order valence-corrected chi connectivity index (χ3v) is 5.53. The van der Waals surface area contributed by atoms with Crippen molar-refractivity contribution in [2.75, 3.05) is 33.2 Å². The van der Waals surface area contributed by atoms with Crippen LogP contribution in [0.5, 0.6) is 0 Å². The lowest BCUT2D eigenvalue weighted by atomic mass is 9.65. The average Bonchev–Trinajstić information content (AvgIpc) is 2.27. The number of hydrogen-bond acceptors (Lipinski definition) is 2. The Labute approximate surface area is 106 Å². The lowest BCUT2D eigenvalue weighted by molar-refractivity contribution is -0.0743.